The number of para-hydroxylation sites is 1. The van der Waals surface area contributed by atoms with Crippen molar-refractivity contribution < 1.29 is 0 Å². The first-order chi connectivity index (χ1) is 7.84. The third kappa shape index (κ3) is 1.65. The van der Waals surface area contributed by atoms with Gasteiger partial charge < -0.3 is 11.1 Å². The summed E-state index contributed by atoms with van der Waals surface area (Å²) in [7, 11) is 0. The van der Waals surface area contributed by atoms with Crippen LogP contribution >= 0.6 is 0 Å². The molecule has 1 aromatic carbocycles. The highest BCUT2D eigenvalue weighted by Crippen LogP contribution is 2.30. The molecule has 0 radical (unpaired) electrons. The van der Waals surface area contributed by atoms with Gasteiger partial charge in [-0.2, -0.15) is 0 Å². The van der Waals surface area contributed by atoms with Gasteiger partial charge in [0.25, 0.3) is 0 Å². The van der Waals surface area contributed by atoms with Crippen LogP contribution in [0.2, 0.25) is 0 Å². The van der Waals surface area contributed by atoms with Crippen LogP contribution in [-0.2, 0) is 6.42 Å². The molecule has 0 aliphatic carbocycles. The third-order valence-electron chi connectivity index (χ3n) is 3.81. The van der Waals surface area contributed by atoms with E-state index in [0.717, 1.165) is 24.3 Å². The topological polar surface area (TPSA) is 41.3 Å². The van der Waals surface area contributed by atoms with Crippen molar-refractivity contribution in [2.75, 3.05) is 30.7 Å². The van der Waals surface area contributed by atoms with Crippen LogP contribution in [0.1, 0.15) is 18.4 Å². The van der Waals surface area contributed by atoms with Gasteiger partial charge in [0.1, 0.15) is 0 Å². The predicted molar refractivity (Wildman–Crippen MR) is 67.6 cm³/mol. The molecule has 0 bridgehead atoms. The molecule has 0 spiro atoms. The number of fused-ring (bicyclic) bond motifs is 1. The van der Waals surface area contributed by atoms with Gasteiger partial charge in [-0.05, 0) is 44.0 Å². The summed E-state index contributed by atoms with van der Waals surface area (Å²) in [5, 5.41) is 3.49. The van der Waals surface area contributed by atoms with E-state index in [1.165, 1.54) is 31.5 Å². The monoisotopic (exact) mass is 217 g/mol. The molecule has 2 aliphatic heterocycles. The first-order valence-corrected chi connectivity index (χ1v) is 6.20. The maximum atomic E-state index is 5.96. The van der Waals surface area contributed by atoms with Crippen molar-refractivity contribution in [3.8, 4) is 0 Å². The zero-order valence-electron chi connectivity index (χ0n) is 9.58. The molecule has 3 N–H and O–H groups in total. The highest BCUT2D eigenvalue weighted by molar-refractivity contribution is 5.71. The van der Waals surface area contributed by atoms with Gasteiger partial charge in [0.15, 0.2) is 0 Å². The molecule has 16 heavy (non-hydrogen) atoms. The molecule has 1 fully saturated rings. The fourth-order valence-electron chi connectivity index (χ4n) is 2.92. The lowest BCUT2D eigenvalue weighted by Gasteiger charge is -2.33. The summed E-state index contributed by atoms with van der Waals surface area (Å²) in [6.07, 6.45) is 3.87. The van der Waals surface area contributed by atoms with Gasteiger partial charge in [-0.3, -0.25) is 4.90 Å². The lowest BCUT2D eigenvalue weighted by atomic mass is 9.98. The Bertz CT molecular complexity index is 383. The Morgan fingerprint density at radius 2 is 2.06 bits per heavy atom. The maximum absolute atomic E-state index is 5.96. The van der Waals surface area contributed by atoms with Crippen LogP contribution in [-0.4, -0.2) is 30.6 Å². The normalized spacial score (nSPS) is 25.1. The second-order valence-corrected chi connectivity index (χ2v) is 4.86. The van der Waals surface area contributed by atoms with Gasteiger partial charge in [0.2, 0.25) is 0 Å². The van der Waals surface area contributed by atoms with Gasteiger partial charge >= 0.3 is 0 Å². The minimum absolute atomic E-state index is 0.664. The molecular weight excluding hydrogens is 198 g/mol. The number of likely N-dealkylation sites (tertiary alicyclic amines) is 1. The van der Waals surface area contributed by atoms with Crippen LogP contribution in [0.3, 0.4) is 0 Å². The SMILES string of the molecule is Nc1cccc2c1NCC(N1CCCC1)C2. The number of nitrogens with zero attached hydrogens (tertiary/aromatic N) is 1. The van der Waals surface area contributed by atoms with E-state index in [0.29, 0.717) is 6.04 Å². The maximum Gasteiger partial charge on any atom is 0.0607 e. The van der Waals surface area contributed by atoms with E-state index in [9.17, 15) is 0 Å². The average Bonchev–Trinajstić information content (AvgIpc) is 2.82. The van der Waals surface area contributed by atoms with Crippen LogP contribution < -0.4 is 11.1 Å². The predicted octanol–water partition coefficient (Wildman–Crippen LogP) is 1.70. The van der Waals surface area contributed by atoms with Crippen molar-refractivity contribution in [2.45, 2.75) is 25.3 Å². The molecular formula is C13H19N3. The largest absolute Gasteiger partial charge is 0.397 e. The number of hydrogen-bond acceptors (Lipinski definition) is 3. The molecule has 3 rings (SSSR count). The van der Waals surface area contributed by atoms with E-state index in [1.54, 1.807) is 0 Å². The number of nitrogen functional groups attached to an aromatic ring is 1. The molecule has 1 aromatic rings. The van der Waals surface area contributed by atoms with Gasteiger partial charge in [0, 0.05) is 12.6 Å². The zero-order valence-corrected chi connectivity index (χ0v) is 9.58. The van der Waals surface area contributed by atoms with Crippen molar-refractivity contribution in [2.24, 2.45) is 0 Å². The highest BCUT2D eigenvalue weighted by Gasteiger charge is 2.26. The van der Waals surface area contributed by atoms with Crippen molar-refractivity contribution >= 4 is 11.4 Å². The summed E-state index contributed by atoms with van der Waals surface area (Å²) in [4.78, 5) is 2.61. The molecule has 1 atom stereocenters. The summed E-state index contributed by atoms with van der Waals surface area (Å²) < 4.78 is 0. The lowest BCUT2D eigenvalue weighted by molar-refractivity contribution is 0.247. The summed E-state index contributed by atoms with van der Waals surface area (Å²) in [6, 6.07) is 6.89. The van der Waals surface area contributed by atoms with E-state index >= 15 is 0 Å². The Labute approximate surface area is 96.6 Å². The van der Waals surface area contributed by atoms with E-state index < -0.39 is 0 Å². The molecule has 2 aliphatic rings. The molecule has 2 heterocycles. The number of hydrogen-bond donors (Lipinski definition) is 2. The van der Waals surface area contributed by atoms with E-state index in [-0.39, 0.29) is 0 Å². The minimum Gasteiger partial charge on any atom is -0.397 e. The number of rotatable bonds is 1. The molecule has 1 saturated heterocycles. The van der Waals surface area contributed by atoms with E-state index in [4.69, 9.17) is 5.73 Å². The Morgan fingerprint density at radius 3 is 2.88 bits per heavy atom. The first-order valence-electron chi connectivity index (χ1n) is 6.20. The Kier molecular flexibility index (Phi) is 2.48. The number of anilines is 2. The van der Waals surface area contributed by atoms with Crippen molar-refractivity contribution in [3.05, 3.63) is 23.8 Å². The summed E-state index contributed by atoms with van der Waals surface area (Å²) in [5.41, 5.74) is 9.39. The Morgan fingerprint density at radius 1 is 1.25 bits per heavy atom. The van der Waals surface area contributed by atoms with Gasteiger partial charge in [-0.1, -0.05) is 12.1 Å². The minimum atomic E-state index is 0.664. The number of nitrogens with one attached hydrogen (secondary N) is 1. The van der Waals surface area contributed by atoms with E-state index in [1.807, 2.05) is 6.07 Å². The van der Waals surface area contributed by atoms with Gasteiger partial charge in [0.05, 0.1) is 11.4 Å². The van der Waals surface area contributed by atoms with Crippen LogP contribution in [0.15, 0.2) is 18.2 Å². The Balaban J connectivity index is 1.80. The summed E-state index contributed by atoms with van der Waals surface area (Å²) in [6.45, 7) is 3.58. The van der Waals surface area contributed by atoms with Gasteiger partial charge in [-0.25, -0.2) is 0 Å². The smallest absolute Gasteiger partial charge is 0.0607 e. The van der Waals surface area contributed by atoms with Gasteiger partial charge in [-0.15, -0.1) is 0 Å². The molecule has 1 unspecified atom stereocenters. The highest BCUT2D eigenvalue weighted by atomic mass is 15.2. The zero-order chi connectivity index (χ0) is 11.0. The van der Waals surface area contributed by atoms with Crippen LogP contribution in [0.5, 0.6) is 0 Å². The molecule has 86 valence electrons. The van der Waals surface area contributed by atoms with E-state index in [2.05, 4.69) is 22.3 Å². The first kappa shape index (κ1) is 9.97. The van der Waals surface area contributed by atoms with Crippen LogP contribution in [0.4, 0.5) is 11.4 Å². The average molecular weight is 217 g/mol. The fraction of sp³-hybridized carbons (Fsp3) is 0.538. The van der Waals surface area contributed by atoms with Crippen molar-refractivity contribution in [3.63, 3.8) is 0 Å². The quantitative estimate of drug-likeness (QED) is 0.704. The fourth-order valence-corrected chi connectivity index (χ4v) is 2.92. The molecule has 0 aromatic heterocycles. The molecule has 0 saturated carbocycles. The standard InChI is InChI=1S/C13H19N3/c14-12-5-3-4-10-8-11(9-15-13(10)12)16-6-1-2-7-16/h3-5,11,15H,1-2,6-9,14H2. The second-order valence-electron chi connectivity index (χ2n) is 4.86. The summed E-state index contributed by atoms with van der Waals surface area (Å²) in [5.74, 6) is 0. The summed E-state index contributed by atoms with van der Waals surface area (Å²) >= 11 is 0. The molecule has 0 amide bonds. The van der Waals surface area contributed by atoms with Crippen LogP contribution in [0.25, 0.3) is 0 Å². The molecule has 3 nitrogen and oxygen atoms in total. The Hall–Kier alpha value is -1.22. The molecule has 3 heteroatoms. The lowest BCUT2D eigenvalue weighted by Crippen LogP contribution is -2.42. The van der Waals surface area contributed by atoms with Crippen molar-refractivity contribution in [1.82, 2.24) is 4.90 Å². The number of benzene rings is 1. The number of nitrogens with two attached hydrogens (primary N) is 1. The second kappa shape index (κ2) is 3.98. The van der Waals surface area contributed by atoms with Crippen LogP contribution in [0, 0.1) is 0 Å². The van der Waals surface area contributed by atoms with Crippen molar-refractivity contribution in [1.29, 1.82) is 0 Å². The third-order valence-corrected chi connectivity index (χ3v) is 3.81.